The molecule has 1 aromatic carbocycles. The Bertz CT molecular complexity index is 393. The van der Waals surface area contributed by atoms with E-state index in [1.807, 2.05) is 7.05 Å². The van der Waals surface area contributed by atoms with Gasteiger partial charge in [-0.15, -0.1) is 0 Å². The molecule has 1 nitrogen and oxygen atoms in total. The van der Waals surface area contributed by atoms with Crippen LogP contribution in [0.15, 0.2) is 18.2 Å². The van der Waals surface area contributed by atoms with Crippen molar-refractivity contribution in [1.29, 1.82) is 0 Å². The van der Waals surface area contributed by atoms with Gasteiger partial charge in [-0.05, 0) is 44.4 Å². The molecule has 0 radical (unpaired) electrons. The predicted octanol–water partition coefficient (Wildman–Crippen LogP) is 4.97. The summed E-state index contributed by atoms with van der Waals surface area (Å²) in [5.41, 5.74) is 0.663. The van der Waals surface area contributed by atoms with Crippen molar-refractivity contribution in [3.8, 4) is 0 Å². The van der Waals surface area contributed by atoms with Crippen LogP contribution in [0.4, 0.5) is 4.39 Å². The molecule has 1 atom stereocenters. The maximum Gasteiger partial charge on any atom is 0.127 e. The normalized spacial score (nSPS) is 19.4. The van der Waals surface area contributed by atoms with Crippen LogP contribution in [0.5, 0.6) is 0 Å². The topological polar surface area (TPSA) is 12.0 Å². The summed E-state index contributed by atoms with van der Waals surface area (Å²) in [6, 6.07) is 5.28. The van der Waals surface area contributed by atoms with Crippen LogP contribution in [-0.2, 0) is 6.42 Å². The zero-order valence-corrected chi connectivity index (χ0v) is 13.1. The summed E-state index contributed by atoms with van der Waals surface area (Å²) in [7, 11) is 1.98. The fourth-order valence-corrected chi connectivity index (χ4v) is 3.58. The highest BCUT2D eigenvalue weighted by molar-refractivity contribution is 6.31. The molecule has 1 aliphatic rings. The number of halogens is 2. The Labute approximate surface area is 126 Å². The van der Waals surface area contributed by atoms with E-state index in [4.69, 9.17) is 11.6 Å². The number of nitrogens with one attached hydrogen (secondary N) is 1. The lowest BCUT2D eigenvalue weighted by Gasteiger charge is -2.29. The minimum absolute atomic E-state index is 0.177. The molecule has 1 N–H and O–H groups in total. The largest absolute Gasteiger partial charge is 0.316 e. The molecule has 1 aliphatic carbocycles. The van der Waals surface area contributed by atoms with Gasteiger partial charge in [-0.3, -0.25) is 0 Å². The monoisotopic (exact) mass is 297 g/mol. The van der Waals surface area contributed by atoms with Gasteiger partial charge in [0.2, 0.25) is 0 Å². The van der Waals surface area contributed by atoms with E-state index in [2.05, 4.69) is 5.32 Å². The zero-order chi connectivity index (χ0) is 14.4. The van der Waals surface area contributed by atoms with E-state index in [0.717, 1.165) is 0 Å². The lowest BCUT2D eigenvalue weighted by atomic mass is 9.83. The molecule has 0 aromatic heterocycles. The fourth-order valence-electron chi connectivity index (χ4n) is 3.34. The Hall–Kier alpha value is -0.600. The Morgan fingerprint density at radius 1 is 1.20 bits per heavy atom. The molecule has 0 spiro atoms. The molecule has 2 rings (SSSR count). The second kappa shape index (κ2) is 7.99. The van der Waals surface area contributed by atoms with Crippen molar-refractivity contribution >= 4 is 11.6 Å². The van der Waals surface area contributed by atoms with Crippen molar-refractivity contribution in [3.63, 3.8) is 0 Å². The van der Waals surface area contributed by atoms with Gasteiger partial charge >= 0.3 is 0 Å². The minimum Gasteiger partial charge on any atom is -0.316 e. The summed E-state index contributed by atoms with van der Waals surface area (Å²) >= 11 is 6.16. The molecule has 1 aromatic rings. The highest BCUT2D eigenvalue weighted by Crippen LogP contribution is 2.28. The number of benzene rings is 1. The van der Waals surface area contributed by atoms with Gasteiger partial charge in [-0.25, -0.2) is 4.39 Å². The zero-order valence-electron chi connectivity index (χ0n) is 12.3. The summed E-state index contributed by atoms with van der Waals surface area (Å²) in [4.78, 5) is 0. The Morgan fingerprint density at radius 3 is 2.45 bits per heavy atom. The number of hydrogen-bond donors (Lipinski definition) is 1. The first-order valence-electron chi connectivity index (χ1n) is 7.82. The van der Waals surface area contributed by atoms with Crippen molar-refractivity contribution in [2.45, 2.75) is 57.4 Å². The third-order valence-corrected chi connectivity index (χ3v) is 4.93. The van der Waals surface area contributed by atoms with Gasteiger partial charge in [0.15, 0.2) is 0 Å². The minimum atomic E-state index is -0.177. The number of rotatable bonds is 4. The van der Waals surface area contributed by atoms with Crippen LogP contribution < -0.4 is 5.32 Å². The van der Waals surface area contributed by atoms with Crippen LogP contribution in [0, 0.1) is 11.7 Å². The van der Waals surface area contributed by atoms with Gasteiger partial charge in [-0.2, -0.15) is 0 Å². The molecule has 1 unspecified atom stereocenters. The van der Waals surface area contributed by atoms with Gasteiger partial charge < -0.3 is 5.32 Å². The van der Waals surface area contributed by atoms with Gasteiger partial charge in [-0.1, -0.05) is 49.8 Å². The van der Waals surface area contributed by atoms with Crippen LogP contribution >= 0.6 is 11.6 Å². The molecule has 1 saturated carbocycles. The molecule has 0 bridgehead atoms. The van der Waals surface area contributed by atoms with E-state index < -0.39 is 0 Å². The third-order valence-electron chi connectivity index (χ3n) is 4.58. The van der Waals surface area contributed by atoms with E-state index in [1.165, 1.54) is 51.0 Å². The predicted molar refractivity (Wildman–Crippen MR) is 83.8 cm³/mol. The lowest BCUT2D eigenvalue weighted by Crippen LogP contribution is -2.36. The summed E-state index contributed by atoms with van der Waals surface area (Å²) in [6.07, 6.45) is 9.83. The summed E-state index contributed by atoms with van der Waals surface area (Å²) < 4.78 is 13.9. The second-order valence-corrected chi connectivity index (χ2v) is 6.31. The second-order valence-electron chi connectivity index (χ2n) is 5.90. The molecule has 0 aliphatic heterocycles. The Morgan fingerprint density at radius 2 is 1.85 bits per heavy atom. The third kappa shape index (κ3) is 4.20. The van der Waals surface area contributed by atoms with Crippen LogP contribution in [0.1, 0.15) is 50.5 Å². The summed E-state index contributed by atoms with van der Waals surface area (Å²) in [6.45, 7) is 0. The van der Waals surface area contributed by atoms with Crippen molar-refractivity contribution in [1.82, 2.24) is 5.32 Å². The van der Waals surface area contributed by atoms with Crippen LogP contribution in [0.3, 0.4) is 0 Å². The summed E-state index contributed by atoms with van der Waals surface area (Å²) in [5, 5.41) is 3.95. The van der Waals surface area contributed by atoms with Crippen molar-refractivity contribution < 1.29 is 4.39 Å². The molecule has 0 amide bonds. The van der Waals surface area contributed by atoms with E-state index in [1.54, 1.807) is 12.1 Å². The van der Waals surface area contributed by atoms with E-state index in [0.29, 0.717) is 29.0 Å². The Kier molecular flexibility index (Phi) is 6.31. The van der Waals surface area contributed by atoms with Crippen molar-refractivity contribution in [2.24, 2.45) is 5.92 Å². The molecule has 20 heavy (non-hydrogen) atoms. The average Bonchev–Trinajstić information content (AvgIpc) is 2.39. The first-order valence-corrected chi connectivity index (χ1v) is 8.20. The van der Waals surface area contributed by atoms with Gasteiger partial charge in [0, 0.05) is 16.6 Å². The quantitative estimate of drug-likeness (QED) is 0.827. The maximum absolute atomic E-state index is 13.9. The highest BCUT2D eigenvalue weighted by Gasteiger charge is 2.23. The van der Waals surface area contributed by atoms with Crippen LogP contribution in [0.2, 0.25) is 5.02 Å². The first-order chi connectivity index (χ1) is 9.72. The molecular formula is C17H25ClFN. The highest BCUT2D eigenvalue weighted by atomic mass is 35.5. The van der Waals surface area contributed by atoms with E-state index in [-0.39, 0.29) is 5.82 Å². The molecule has 0 heterocycles. The van der Waals surface area contributed by atoms with Crippen LogP contribution in [-0.4, -0.2) is 13.1 Å². The lowest BCUT2D eigenvalue weighted by molar-refractivity contribution is 0.292. The fraction of sp³-hybridized carbons (Fsp3) is 0.647. The smallest absolute Gasteiger partial charge is 0.127 e. The molecule has 1 fully saturated rings. The van der Waals surface area contributed by atoms with E-state index >= 15 is 0 Å². The molecule has 3 heteroatoms. The Balaban J connectivity index is 2.07. The van der Waals surface area contributed by atoms with Crippen LogP contribution in [0.25, 0.3) is 0 Å². The first kappa shape index (κ1) is 15.8. The average molecular weight is 298 g/mol. The number of likely N-dealkylation sites (N-methyl/N-ethyl adjacent to an activating group) is 1. The molecule has 112 valence electrons. The van der Waals surface area contributed by atoms with E-state index in [9.17, 15) is 4.39 Å². The standard InChI is InChI=1S/C17H25ClFN/c1-20-17(13-8-5-3-2-4-6-9-13)12-14-15(18)10-7-11-16(14)19/h7,10-11,13,17,20H,2-6,8-9,12H2,1H3. The molecule has 0 saturated heterocycles. The van der Waals surface area contributed by atoms with Gasteiger partial charge in [0.05, 0.1) is 0 Å². The van der Waals surface area contributed by atoms with Gasteiger partial charge in [0.25, 0.3) is 0 Å². The summed E-state index contributed by atoms with van der Waals surface area (Å²) in [5.74, 6) is 0.458. The maximum atomic E-state index is 13.9. The SMILES string of the molecule is CNC(Cc1c(F)cccc1Cl)C1CCCCCCC1. The molecular weight excluding hydrogens is 273 g/mol. The van der Waals surface area contributed by atoms with Crippen molar-refractivity contribution in [2.75, 3.05) is 7.05 Å². The number of hydrogen-bond acceptors (Lipinski definition) is 1. The van der Waals surface area contributed by atoms with Crippen molar-refractivity contribution in [3.05, 3.63) is 34.6 Å². The van der Waals surface area contributed by atoms with Gasteiger partial charge in [0.1, 0.15) is 5.82 Å².